The monoisotopic (exact) mass is 667 g/mol. The highest BCUT2D eigenvalue weighted by molar-refractivity contribution is 8.00. The molecule has 47 heavy (non-hydrogen) atoms. The number of carbonyl (C=O) groups excluding carboxylic acids is 3. The Bertz CT molecular complexity index is 1950. The number of halogens is 1. The Balaban J connectivity index is 1.26. The Hall–Kier alpha value is -5.66. The highest BCUT2D eigenvalue weighted by atomic mass is 32.2. The minimum atomic E-state index is -0.624. The number of carbonyl (C=O) groups is 3. The van der Waals surface area contributed by atoms with E-state index in [9.17, 15) is 28.9 Å². The van der Waals surface area contributed by atoms with Crippen LogP contribution in [0.3, 0.4) is 0 Å². The van der Waals surface area contributed by atoms with Crippen LogP contribution >= 0.6 is 23.1 Å². The van der Waals surface area contributed by atoms with Gasteiger partial charge in [-0.25, -0.2) is 9.37 Å². The molecule has 0 aliphatic heterocycles. The molecule has 10 nitrogen and oxygen atoms in total. The van der Waals surface area contributed by atoms with Crippen molar-refractivity contribution in [2.45, 2.75) is 17.1 Å². The highest BCUT2D eigenvalue weighted by Crippen LogP contribution is 2.29. The van der Waals surface area contributed by atoms with Crippen molar-refractivity contribution >= 4 is 63.4 Å². The van der Waals surface area contributed by atoms with E-state index in [1.807, 2.05) is 0 Å². The molecular formula is C34H26FN5O5S2. The summed E-state index contributed by atoms with van der Waals surface area (Å²) in [6.07, 6.45) is 1.42. The summed E-state index contributed by atoms with van der Waals surface area (Å²) < 4.78 is 13.3. The molecule has 0 bridgehead atoms. The lowest BCUT2D eigenvalue weighted by Gasteiger charge is -2.13. The first-order chi connectivity index (χ1) is 22.6. The Kier molecular flexibility index (Phi) is 10.5. The maximum Gasteiger partial charge on any atom is 0.272 e. The van der Waals surface area contributed by atoms with E-state index in [2.05, 4.69) is 20.9 Å². The van der Waals surface area contributed by atoms with Crippen LogP contribution in [-0.2, 0) is 9.59 Å². The molecule has 1 aromatic heterocycles. The van der Waals surface area contributed by atoms with Crippen LogP contribution in [0.5, 0.6) is 0 Å². The maximum absolute atomic E-state index is 13.4. The molecule has 236 valence electrons. The standard InChI is InChI=1S/C34H26FN5O5S2/c1-21(31(41)39-34-38-30(20-46-34)23-12-14-25(35)15-13-23)47-28-9-5-8-26(19-28)36-33(43)29(37-32(42)24-6-3-2-4-7-24)18-22-10-16-27(17-11-22)40(44)45/h2-21H,1H3,(H,36,43)(H,37,42)(H,38,39,41)/b29-18+. The molecule has 4 aromatic carbocycles. The van der Waals surface area contributed by atoms with E-state index in [-0.39, 0.29) is 23.1 Å². The highest BCUT2D eigenvalue weighted by Gasteiger charge is 2.19. The average molecular weight is 668 g/mol. The first-order valence-corrected chi connectivity index (χ1v) is 15.8. The molecule has 5 rings (SSSR count). The van der Waals surface area contributed by atoms with Crippen molar-refractivity contribution in [3.05, 3.63) is 141 Å². The van der Waals surface area contributed by atoms with Gasteiger partial charge >= 0.3 is 0 Å². The van der Waals surface area contributed by atoms with Crippen LogP contribution in [0.4, 0.5) is 20.9 Å². The van der Waals surface area contributed by atoms with Crippen LogP contribution in [0.1, 0.15) is 22.8 Å². The molecule has 0 aliphatic rings. The molecule has 1 unspecified atom stereocenters. The zero-order chi connectivity index (χ0) is 33.3. The number of benzene rings is 4. The maximum atomic E-state index is 13.4. The van der Waals surface area contributed by atoms with Crippen molar-refractivity contribution in [3.63, 3.8) is 0 Å². The van der Waals surface area contributed by atoms with Gasteiger partial charge in [0, 0.05) is 39.2 Å². The van der Waals surface area contributed by atoms with Gasteiger partial charge in [0.25, 0.3) is 17.5 Å². The molecule has 0 saturated heterocycles. The van der Waals surface area contributed by atoms with E-state index < -0.39 is 22.0 Å². The Labute approximate surface area is 276 Å². The molecule has 3 amide bonds. The Morgan fingerprint density at radius 3 is 2.36 bits per heavy atom. The summed E-state index contributed by atoms with van der Waals surface area (Å²) >= 11 is 2.53. The number of thioether (sulfide) groups is 1. The second-order valence-electron chi connectivity index (χ2n) is 10.0. The summed E-state index contributed by atoms with van der Waals surface area (Å²) in [7, 11) is 0. The van der Waals surface area contributed by atoms with Crippen molar-refractivity contribution < 1.29 is 23.7 Å². The van der Waals surface area contributed by atoms with Crippen LogP contribution < -0.4 is 16.0 Å². The third-order valence-electron chi connectivity index (χ3n) is 6.59. The van der Waals surface area contributed by atoms with Crippen LogP contribution in [0, 0.1) is 15.9 Å². The van der Waals surface area contributed by atoms with Gasteiger partial charge in [-0.1, -0.05) is 24.3 Å². The quantitative estimate of drug-likeness (QED) is 0.0577. The first kappa shape index (κ1) is 32.7. The molecule has 0 radical (unpaired) electrons. The zero-order valence-corrected chi connectivity index (χ0v) is 26.3. The fourth-order valence-corrected chi connectivity index (χ4v) is 5.84. The summed E-state index contributed by atoms with van der Waals surface area (Å²) in [6.45, 7) is 1.74. The predicted octanol–water partition coefficient (Wildman–Crippen LogP) is 7.39. The molecule has 0 aliphatic carbocycles. The largest absolute Gasteiger partial charge is 0.321 e. The number of nitro benzene ring substituents is 1. The Morgan fingerprint density at radius 2 is 1.66 bits per heavy atom. The van der Waals surface area contributed by atoms with Crippen LogP contribution in [-0.4, -0.2) is 32.9 Å². The van der Waals surface area contributed by atoms with E-state index in [0.717, 1.165) is 5.56 Å². The molecule has 13 heteroatoms. The zero-order valence-electron chi connectivity index (χ0n) is 24.7. The number of non-ortho nitro benzene ring substituents is 1. The van der Waals surface area contributed by atoms with Crippen LogP contribution in [0.15, 0.2) is 119 Å². The van der Waals surface area contributed by atoms with E-state index in [1.54, 1.807) is 79.0 Å². The van der Waals surface area contributed by atoms with Crippen molar-refractivity contribution in [1.82, 2.24) is 10.3 Å². The van der Waals surface area contributed by atoms with Gasteiger partial charge in [0.2, 0.25) is 5.91 Å². The molecule has 3 N–H and O–H groups in total. The summed E-state index contributed by atoms with van der Waals surface area (Å²) in [4.78, 5) is 54.9. The molecule has 0 fully saturated rings. The minimum absolute atomic E-state index is 0.0815. The fourth-order valence-electron chi connectivity index (χ4n) is 4.20. The summed E-state index contributed by atoms with van der Waals surface area (Å²) in [5, 5.41) is 20.9. The van der Waals surface area contributed by atoms with E-state index in [0.29, 0.717) is 32.5 Å². The molecule has 1 heterocycles. The first-order valence-electron chi connectivity index (χ1n) is 14.1. The number of nitro groups is 1. The van der Waals surface area contributed by atoms with Crippen molar-refractivity contribution in [3.8, 4) is 11.3 Å². The third-order valence-corrected chi connectivity index (χ3v) is 8.44. The average Bonchev–Trinajstić information content (AvgIpc) is 3.53. The van der Waals surface area contributed by atoms with Gasteiger partial charge in [0.15, 0.2) is 5.13 Å². The topological polar surface area (TPSA) is 143 Å². The van der Waals surface area contributed by atoms with E-state index in [4.69, 9.17) is 0 Å². The number of anilines is 2. The van der Waals surface area contributed by atoms with Gasteiger partial charge in [-0.15, -0.1) is 23.1 Å². The number of nitrogens with one attached hydrogen (secondary N) is 3. The smallest absolute Gasteiger partial charge is 0.272 e. The van der Waals surface area contributed by atoms with E-state index >= 15 is 0 Å². The van der Waals surface area contributed by atoms with Crippen molar-refractivity contribution in [1.29, 1.82) is 0 Å². The molecule has 1 atom stereocenters. The lowest BCUT2D eigenvalue weighted by molar-refractivity contribution is -0.384. The van der Waals surface area contributed by atoms with Gasteiger partial charge < -0.3 is 16.0 Å². The number of rotatable bonds is 11. The molecular weight excluding hydrogens is 642 g/mol. The number of amides is 3. The van der Waals surface area contributed by atoms with E-state index in [1.165, 1.54) is 65.6 Å². The molecule has 0 saturated carbocycles. The van der Waals surface area contributed by atoms with Crippen LogP contribution in [0.2, 0.25) is 0 Å². The fraction of sp³-hybridized carbons (Fsp3) is 0.0588. The van der Waals surface area contributed by atoms with Crippen molar-refractivity contribution in [2.24, 2.45) is 0 Å². The number of aromatic nitrogens is 1. The lowest BCUT2D eigenvalue weighted by Crippen LogP contribution is -2.30. The van der Waals surface area contributed by atoms with Gasteiger partial charge in [0.05, 0.1) is 15.9 Å². The predicted molar refractivity (Wildman–Crippen MR) is 182 cm³/mol. The van der Waals surface area contributed by atoms with Crippen LogP contribution in [0.25, 0.3) is 17.3 Å². The second-order valence-corrected chi connectivity index (χ2v) is 12.3. The third kappa shape index (κ3) is 8.96. The summed E-state index contributed by atoms with van der Waals surface area (Å²) in [5.74, 6) is -1.76. The normalized spacial score (nSPS) is 11.7. The minimum Gasteiger partial charge on any atom is -0.321 e. The number of hydrogen-bond donors (Lipinski definition) is 3. The van der Waals surface area contributed by atoms with Gasteiger partial charge in [0.1, 0.15) is 11.5 Å². The second kappa shape index (κ2) is 15.1. The molecule has 0 spiro atoms. The van der Waals surface area contributed by atoms with Gasteiger partial charge in [-0.2, -0.15) is 0 Å². The number of nitrogens with zero attached hydrogens (tertiary/aromatic N) is 2. The number of hydrogen-bond acceptors (Lipinski definition) is 8. The van der Waals surface area contributed by atoms with Gasteiger partial charge in [-0.05, 0) is 85.3 Å². The lowest BCUT2D eigenvalue weighted by atomic mass is 10.1. The summed E-state index contributed by atoms with van der Waals surface area (Å²) in [5.41, 5.74) is 2.38. The summed E-state index contributed by atoms with van der Waals surface area (Å²) in [6, 6.07) is 26.7. The van der Waals surface area contributed by atoms with Crippen molar-refractivity contribution in [2.75, 3.05) is 10.6 Å². The SMILES string of the molecule is CC(Sc1cccc(NC(=O)/C(=C\c2ccc([N+](=O)[O-])cc2)NC(=O)c2ccccc2)c1)C(=O)Nc1nc(-c2ccc(F)cc2)cs1. The van der Waals surface area contributed by atoms with Gasteiger partial charge in [-0.3, -0.25) is 24.5 Å². The molecule has 5 aromatic rings. The Morgan fingerprint density at radius 1 is 0.936 bits per heavy atom. The number of thiazole rings is 1.